The van der Waals surface area contributed by atoms with Gasteiger partial charge in [-0.2, -0.15) is 5.10 Å². The number of hydrogen-bond acceptors (Lipinski definition) is 3. The number of halogens is 1. The quantitative estimate of drug-likeness (QED) is 0.809. The Morgan fingerprint density at radius 2 is 2.12 bits per heavy atom. The molecule has 1 aromatic carbocycles. The lowest BCUT2D eigenvalue weighted by molar-refractivity contribution is -0.129. The summed E-state index contributed by atoms with van der Waals surface area (Å²) in [6.07, 6.45) is -0.838. The molecule has 17 heavy (non-hydrogen) atoms. The van der Waals surface area contributed by atoms with Gasteiger partial charge in [0.05, 0.1) is 0 Å². The van der Waals surface area contributed by atoms with Crippen LogP contribution in [0, 0.1) is 5.82 Å². The summed E-state index contributed by atoms with van der Waals surface area (Å²) in [6, 6.07) is 6.10. The van der Waals surface area contributed by atoms with Crippen molar-refractivity contribution in [1.29, 1.82) is 0 Å². The number of hydrazone groups is 1. The van der Waals surface area contributed by atoms with Crippen molar-refractivity contribution in [3.8, 4) is 0 Å². The fourth-order valence-corrected chi connectivity index (χ4v) is 1.76. The number of benzene rings is 1. The number of amides is 1. The molecule has 90 valence electrons. The van der Waals surface area contributed by atoms with Crippen LogP contribution < -0.4 is 5.43 Å². The van der Waals surface area contributed by atoms with Crippen LogP contribution in [0.1, 0.15) is 24.8 Å². The van der Waals surface area contributed by atoms with Gasteiger partial charge in [0.25, 0.3) is 5.91 Å². The smallest absolute Gasteiger partial charge is 0.269 e. The van der Waals surface area contributed by atoms with E-state index in [1.54, 1.807) is 12.1 Å². The van der Waals surface area contributed by atoms with Crippen LogP contribution in [-0.2, 0) is 4.79 Å². The molecule has 0 bridgehead atoms. The Morgan fingerprint density at radius 1 is 1.47 bits per heavy atom. The first-order chi connectivity index (χ1) is 8.08. The fraction of sp³-hybridized carbons (Fsp3) is 0.333. The molecule has 1 aliphatic heterocycles. The van der Waals surface area contributed by atoms with Gasteiger partial charge in [0.1, 0.15) is 11.9 Å². The monoisotopic (exact) mass is 236 g/mol. The molecule has 1 aliphatic rings. The Labute approximate surface area is 98.2 Å². The molecule has 0 fully saturated rings. The first kappa shape index (κ1) is 11.7. The summed E-state index contributed by atoms with van der Waals surface area (Å²) < 4.78 is 12.8. The summed E-state index contributed by atoms with van der Waals surface area (Å²) in [5, 5.41) is 13.4. The predicted molar refractivity (Wildman–Crippen MR) is 61.0 cm³/mol. The maximum Gasteiger partial charge on any atom is 0.269 e. The van der Waals surface area contributed by atoms with Crippen LogP contribution in [0.15, 0.2) is 29.4 Å². The molecule has 2 atom stereocenters. The highest BCUT2D eigenvalue weighted by molar-refractivity contribution is 5.98. The van der Waals surface area contributed by atoms with Crippen molar-refractivity contribution in [2.45, 2.75) is 25.4 Å². The maximum absolute atomic E-state index is 12.8. The third-order valence-electron chi connectivity index (χ3n) is 2.88. The molecule has 0 spiro atoms. The van der Waals surface area contributed by atoms with E-state index in [1.165, 1.54) is 12.1 Å². The van der Waals surface area contributed by atoms with Crippen molar-refractivity contribution in [2.75, 3.05) is 0 Å². The zero-order chi connectivity index (χ0) is 12.4. The number of aliphatic hydroxyl groups excluding tert-OH is 1. The number of nitrogens with one attached hydrogen (secondary N) is 1. The molecule has 0 radical (unpaired) electrons. The van der Waals surface area contributed by atoms with Crippen LogP contribution in [0.2, 0.25) is 0 Å². The van der Waals surface area contributed by atoms with Gasteiger partial charge in [0.15, 0.2) is 0 Å². The molecule has 0 saturated heterocycles. The van der Waals surface area contributed by atoms with Gasteiger partial charge in [-0.1, -0.05) is 19.1 Å². The van der Waals surface area contributed by atoms with Crippen molar-refractivity contribution in [1.82, 2.24) is 5.43 Å². The van der Waals surface area contributed by atoms with Crippen molar-refractivity contribution >= 4 is 11.6 Å². The highest BCUT2D eigenvalue weighted by Gasteiger charge is 2.25. The van der Waals surface area contributed by atoms with Crippen LogP contribution in [0.4, 0.5) is 4.39 Å². The first-order valence-corrected chi connectivity index (χ1v) is 5.38. The van der Waals surface area contributed by atoms with Gasteiger partial charge < -0.3 is 5.11 Å². The van der Waals surface area contributed by atoms with E-state index in [9.17, 15) is 14.3 Å². The van der Waals surface area contributed by atoms with E-state index in [0.717, 1.165) is 5.56 Å². The second kappa shape index (κ2) is 4.63. The van der Waals surface area contributed by atoms with Crippen molar-refractivity contribution in [2.24, 2.45) is 5.10 Å². The average molecular weight is 236 g/mol. The van der Waals surface area contributed by atoms with E-state index in [2.05, 4.69) is 10.5 Å². The molecule has 2 unspecified atom stereocenters. The molecule has 5 heteroatoms. The molecule has 1 aromatic rings. The third-order valence-corrected chi connectivity index (χ3v) is 2.88. The number of rotatable bonds is 2. The summed E-state index contributed by atoms with van der Waals surface area (Å²) in [5.41, 5.74) is 3.85. The molecule has 0 aromatic heterocycles. The summed E-state index contributed by atoms with van der Waals surface area (Å²) >= 11 is 0. The Hall–Kier alpha value is -1.75. The summed E-state index contributed by atoms with van der Waals surface area (Å²) in [6.45, 7) is 1.90. The van der Waals surface area contributed by atoms with Crippen LogP contribution in [0.5, 0.6) is 0 Å². The van der Waals surface area contributed by atoms with Crippen LogP contribution in [-0.4, -0.2) is 22.8 Å². The molecule has 1 heterocycles. The molecule has 4 nitrogen and oxygen atoms in total. The molecular formula is C12H13FN2O2. The standard InChI is InChI=1S/C12H13FN2O2/c1-7(8-2-4-9(13)5-3-8)10-6-11(16)12(17)15-14-10/h2-5,7,11,16H,6H2,1H3,(H,15,17). The number of nitrogens with zero attached hydrogens (tertiary/aromatic N) is 1. The predicted octanol–water partition coefficient (Wildman–Crippen LogP) is 1.17. The lowest BCUT2D eigenvalue weighted by atomic mass is 9.92. The summed E-state index contributed by atoms with van der Waals surface area (Å²) in [5.74, 6) is -0.842. The lowest BCUT2D eigenvalue weighted by Gasteiger charge is -2.21. The van der Waals surface area contributed by atoms with Gasteiger partial charge in [0, 0.05) is 18.1 Å². The van der Waals surface area contributed by atoms with E-state index < -0.39 is 12.0 Å². The molecule has 0 saturated carbocycles. The molecule has 2 N–H and O–H groups in total. The lowest BCUT2D eigenvalue weighted by Crippen LogP contribution is -2.39. The molecule has 2 rings (SSSR count). The normalized spacial score (nSPS) is 21.7. The van der Waals surface area contributed by atoms with Gasteiger partial charge >= 0.3 is 0 Å². The second-order valence-corrected chi connectivity index (χ2v) is 4.07. The van der Waals surface area contributed by atoms with Crippen LogP contribution >= 0.6 is 0 Å². The van der Waals surface area contributed by atoms with E-state index in [0.29, 0.717) is 5.71 Å². The van der Waals surface area contributed by atoms with E-state index in [4.69, 9.17) is 0 Å². The van der Waals surface area contributed by atoms with Gasteiger partial charge in [-0.05, 0) is 17.7 Å². The number of carbonyl (C=O) groups is 1. The zero-order valence-corrected chi connectivity index (χ0v) is 9.35. The fourth-order valence-electron chi connectivity index (χ4n) is 1.76. The van der Waals surface area contributed by atoms with Crippen molar-refractivity contribution < 1.29 is 14.3 Å². The van der Waals surface area contributed by atoms with Crippen molar-refractivity contribution in [3.63, 3.8) is 0 Å². The Balaban J connectivity index is 2.18. The molecular weight excluding hydrogens is 223 g/mol. The minimum Gasteiger partial charge on any atom is -0.383 e. The zero-order valence-electron chi connectivity index (χ0n) is 9.35. The van der Waals surface area contributed by atoms with Gasteiger partial charge in [0.2, 0.25) is 0 Å². The second-order valence-electron chi connectivity index (χ2n) is 4.07. The Morgan fingerprint density at radius 3 is 2.71 bits per heavy atom. The Bertz CT molecular complexity index is 456. The highest BCUT2D eigenvalue weighted by atomic mass is 19.1. The maximum atomic E-state index is 12.8. The first-order valence-electron chi connectivity index (χ1n) is 5.38. The molecule has 0 aliphatic carbocycles. The topological polar surface area (TPSA) is 61.7 Å². The summed E-state index contributed by atoms with van der Waals surface area (Å²) in [7, 11) is 0. The number of hydrogen-bond donors (Lipinski definition) is 2. The van der Waals surface area contributed by atoms with E-state index in [1.807, 2.05) is 6.92 Å². The van der Waals surface area contributed by atoms with E-state index in [-0.39, 0.29) is 18.2 Å². The average Bonchev–Trinajstić information content (AvgIpc) is 2.33. The summed E-state index contributed by atoms with van der Waals surface area (Å²) in [4.78, 5) is 11.0. The molecule has 1 amide bonds. The van der Waals surface area contributed by atoms with Crippen LogP contribution in [0.25, 0.3) is 0 Å². The van der Waals surface area contributed by atoms with Gasteiger partial charge in [-0.15, -0.1) is 0 Å². The van der Waals surface area contributed by atoms with Crippen molar-refractivity contribution in [3.05, 3.63) is 35.6 Å². The van der Waals surface area contributed by atoms with Gasteiger partial charge in [-0.3, -0.25) is 4.79 Å². The number of aliphatic hydroxyl groups is 1. The largest absolute Gasteiger partial charge is 0.383 e. The Kier molecular flexibility index (Phi) is 3.19. The third kappa shape index (κ3) is 2.50. The van der Waals surface area contributed by atoms with Crippen LogP contribution in [0.3, 0.4) is 0 Å². The van der Waals surface area contributed by atoms with Gasteiger partial charge in [-0.25, -0.2) is 9.82 Å². The SMILES string of the molecule is CC(C1=NNC(=O)C(O)C1)c1ccc(F)cc1. The minimum absolute atomic E-state index is 0.0640. The number of carbonyl (C=O) groups excluding carboxylic acids is 1. The van der Waals surface area contributed by atoms with E-state index >= 15 is 0 Å². The highest BCUT2D eigenvalue weighted by Crippen LogP contribution is 2.21. The minimum atomic E-state index is -1.05.